The molecule has 0 spiro atoms. The van der Waals surface area contributed by atoms with Crippen molar-refractivity contribution >= 4 is 55.8 Å². The Morgan fingerprint density at radius 1 is 0.929 bits per heavy atom. The van der Waals surface area contributed by atoms with Gasteiger partial charge in [-0.2, -0.15) is 37.2 Å². The van der Waals surface area contributed by atoms with Crippen molar-refractivity contribution in [3.63, 3.8) is 0 Å². The van der Waals surface area contributed by atoms with Gasteiger partial charge in [-0.3, -0.25) is 9.36 Å². The number of amides is 1. The minimum atomic E-state index is -0.484. The number of carbonyl (C=O) groups is 1. The third-order valence-electron chi connectivity index (χ3n) is 7.07. The fraction of sp³-hybridized carbons (Fsp3) is 0.500. The summed E-state index contributed by atoms with van der Waals surface area (Å²) in [4.78, 5) is 16.8. The van der Waals surface area contributed by atoms with E-state index in [-0.39, 0.29) is 46.6 Å². The molecule has 1 amide bonds. The van der Waals surface area contributed by atoms with Gasteiger partial charge >= 0.3 is 6.09 Å². The van der Waals surface area contributed by atoms with Crippen molar-refractivity contribution in [3.8, 4) is 21.1 Å². The van der Waals surface area contributed by atoms with Crippen LogP contribution in [0, 0.1) is 0 Å². The highest BCUT2D eigenvalue weighted by Crippen LogP contribution is 2.35. The lowest BCUT2D eigenvalue weighted by atomic mass is 9.99. The average Bonchev–Trinajstić information content (AvgIpc) is 3.63. The lowest BCUT2D eigenvalue weighted by molar-refractivity contribution is 0.0138. The molecule has 0 fully saturated rings. The number of hydrogen-bond acceptors (Lipinski definition) is 7. The second kappa shape index (κ2) is 14.5. The first-order valence-electron chi connectivity index (χ1n) is 13.4. The molecule has 8 nitrogen and oxygen atoms in total. The van der Waals surface area contributed by atoms with E-state index < -0.39 is 5.60 Å². The summed E-state index contributed by atoms with van der Waals surface area (Å²) < 4.78 is 9.52. The zero-order valence-electron chi connectivity index (χ0n) is 24.8. The van der Waals surface area contributed by atoms with Gasteiger partial charge < -0.3 is 15.0 Å². The third-order valence-corrected chi connectivity index (χ3v) is 8.82. The van der Waals surface area contributed by atoms with E-state index in [0.717, 1.165) is 36.3 Å². The minimum absolute atomic E-state index is 0. The van der Waals surface area contributed by atoms with E-state index in [9.17, 15) is 4.79 Å². The van der Waals surface area contributed by atoms with Crippen LogP contribution in [-0.4, -0.2) is 48.2 Å². The monoisotopic (exact) mass is 650 g/mol. The van der Waals surface area contributed by atoms with Gasteiger partial charge in [0.05, 0.1) is 39.1 Å². The molecule has 6 rings (SSSR count). The minimum Gasteiger partial charge on any atom is -0.444 e. The summed E-state index contributed by atoms with van der Waals surface area (Å²) in [6.07, 6.45) is 1.54. The smallest absolute Gasteiger partial charge is 0.410 e. The molecule has 0 aliphatic carbocycles. The Labute approximate surface area is 272 Å². The summed E-state index contributed by atoms with van der Waals surface area (Å²) >= 11 is 3.47. The lowest BCUT2D eigenvalue weighted by Crippen LogP contribution is -2.45. The SMILES string of the molecule is C.C[C@H]1Cc2nn(C)c(-c3cccs3)c2CN1.C[C@H]1Cc2nn(C)c(-c3cccs3)c2CN1C(=O)OC(C)(C)C.S.S. The van der Waals surface area contributed by atoms with Gasteiger partial charge in [-0.1, -0.05) is 19.6 Å². The zero-order chi connectivity index (χ0) is 27.9. The molecule has 1 N–H and O–H groups in total. The second-order valence-corrected chi connectivity index (χ2v) is 13.3. The van der Waals surface area contributed by atoms with Gasteiger partial charge in [0, 0.05) is 56.7 Å². The Morgan fingerprint density at radius 2 is 1.45 bits per heavy atom. The molecular weight excluding hydrogens is 605 g/mol. The molecule has 4 aromatic heterocycles. The van der Waals surface area contributed by atoms with Crippen LogP contribution in [0.4, 0.5) is 4.79 Å². The molecule has 12 heteroatoms. The lowest BCUT2D eigenvalue weighted by Gasteiger charge is -2.34. The van der Waals surface area contributed by atoms with Gasteiger partial charge in [0.15, 0.2) is 0 Å². The molecule has 0 saturated carbocycles. The van der Waals surface area contributed by atoms with Crippen molar-refractivity contribution in [1.82, 2.24) is 29.8 Å². The Kier molecular flexibility index (Phi) is 12.4. The quantitative estimate of drug-likeness (QED) is 0.256. The number of thiophene rings is 2. The first-order valence-corrected chi connectivity index (χ1v) is 15.2. The molecule has 2 aliphatic rings. The van der Waals surface area contributed by atoms with E-state index in [1.165, 1.54) is 26.7 Å². The first-order chi connectivity index (χ1) is 18.5. The van der Waals surface area contributed by atoms with Crippen molar-refractivity contribution in [2.75, 3.05) is 0 Å². The van der Waals surface area contributed by atoms with E-state index in [1.54, 1.807) is 22.7 Å². The van der Waals surface area contributed by atoms with Crippen LogP contribution in [0.15, 0.2) is 35.0 Å². The van der Waals surface area contributed by atoms with E-state index in [0.29, 0.717) is 12.6 Å². The van der Waals surface area contributed by atoms with Gasteiger partial charge in [0.1, 0.15) is 5.60 Å². The number of nitrogens with zero attached hydrogens (tertiary/aromatic N) is 5. The van der Waals surface area contributed by atoms with Crippen molar-refractivity contribution < 1.29 is 9.53 Å². The maximum atomic E-state index is 12.5. The first kappa shape index (κ1) is 35.9. The summed E-state index contributed by atoms with van der Waals surface area (Å²) in [5.41, 5.74) is 6.77. The Morgan fingerprint density at radius 3 is 1.95 bits per heavy atom. The van der Waals surface area contributed by atoms with Gasteiger partial charge in [-0.05, 0) is 57.5 Å². The molecule has 42 heavy (non-hydrogen) atoms. The van der Waals surface area contributed by atoms with E-state index in [1.807, 2.05) is 62.1 Å². The van der Waals surface area contributed by atoms with Crippen LogP contribution in [0.2, 0.25) is 0 Å². The Balaban J connectivity index is 0.000000288. The van der Waals surface area contributed by atoms with Crippen LogP contribution < -0.4 is 5.32 Å². The molecule has 0 saturated heterocycles. The average molecular weight is 651 g/mol. The topological polar surface area (TPSA) is 77.2 Å². The molecule has 0 radical (unpaired) electrons. The van der Waals surface area contributed by atoms with Gasteiger partial charge in [-0.15, -0.1) is 22.7 Å². The summed E-state index contributed by atoms with van der Waals surface area (Å²) in [5.74, 6) is 0. The predicted octanol–water partition coefficient (Wildman–Crippen LogP) is 6.87. The molecule has 232 valence electrons. The number of carbonyl (C=O) groups excluding carboxylic acids is 1. The van der Waals surface area contributed by atoms with Crippen molar-refractivity contribution in [1.29, 1.82) is 0 Å². The summed E-state index contributed by atoms with van der Waals surface area (Å²) in [6, 6.07) is 9.02. The molecule has 0 unspecified atom stereocenters. The molecular formula is C30H46N6O2S4. The number of aromatic nitrogens is 4. The molecule has 0 bridgehead atoms. The van der Waals surface area contributed by atoms with E-state index >= 15 is 0 Å². The van der Waals surface area contributed by atoms with Crippen LogP contribution in [0.1, 0.15) is 64.6 Å². The normalized spacial score (nSPS) is 17.4. The van der Waals surface area contributed by atoms with Crippen molar-refractivity contribution in [2.45, 2.75) is 85.7 Å². The molecule has 2 atom stereocenters. The van der Waals surface area contributed by atoms with Crippen LogP contribution in [0.25, 0.3) is 21.1 Å². The number of fused-ring (bicyclic) bond motifs is 2. The molecule has 2 aliphatic heterocycles. The molecule has 4 aromatic rings. The summed E-state index contributed by atoms with van der Waals surface area (Å²) in [7, 11) is 4.01. The maximum absolute atomic E-state index is 12.5. The highest BCUT2D eigenvalue weighted by Gasteiger charge is 2.34. The summed E-state index contributed by atoms with van der Waals surface area (Å²) in [6.45, 7) is 11.4. The maximum Gasteiger partial charge on any atom is 0.410 e. The number of rotatable bonds is 2. The van der Waals surface area contributed by atoms with Crippen LogP contribution >= 0.6 is 49.7 Å². The number of aryl methyl sites for hydroxylation is 2. The largest absolute Gasteiger partial charge is 0.444 e. The van der Waals surface area contributed by atoms with Crippen molar-refractivity contribution in [2.24, 2.45) is 14.1 Å². The summed E-state index contributed by atoms with van der Waals surface area (Å²) in [5, 5.41) is 17.0. The van der Waals surface area contributed by atoms with E-state index in [2.05, 4.69) is 51.4 Å². The highest BCUT2D eigenvalue weighted by molar-refractivity contribution is 7.59. The number of ether oxygens (including phenoxy) is 1. The fourth-order valence-corrected chi connectivity index (χ4v) is 6.95. The Bertz CT molecular complexity index is 1440. The highest BCUT2D eigenvalue weighted by atomic mass is 32.1. The van der Waals surface area contributed by atoms with Crippen molar-refractivity contribution in [3.05, 3.63) is 57.5 Å². The van der Waals surface area contributed by atoms with Gasteiger partial charge in [0.2, 0.25) is 0 Å². The number of hydrogen-bond donors (Lipinski definition) is 1. The predicted molar refractivity (Wildman–Crippen MR) is 185 cm³/mol. The second-order valence-electron chi connectivity index (χ2n) is 11.4. The van der Waals surface area contributed by atoms with Gasteiger partial charge in [0.25, 0.3) is 0 Å². The number of nitrogens with one attached hydrogen (secondary N) is 1. The Hall–Kier alpha value is -2.25. The third kappa shape index (κ3) is 7.63. The van der Waals surface area contributed by atoms with Crippen LogP contribution in [-0.2, 0) is 44.8 Å². The standard InChI is InChI=1S/C17H23N3O2S.C12H15N3S.CH4.2H2S/c1-11-9-13-12(10-20(11)16(21)22-17(2,3)4)15(19(5)18-13)14-7-6-8-23-14;1-8-6-10-9(7-13-8)12(15(2)14-10)11-4-3-5-16-11;;;/h6-8,11H,9-10H2,1-5H3;3-5,8,13H,6-7H2,1-2H3;1H4;2*1H2/t11-;8-;;;/m00.../s1. The van der Waals surface area contributed by atoms with Crippen LogP contribution in [0.3, 0.4) is 0 Å². The fourth-order valence-electron chi connectivity index (χ4n) is 5.29. The zero-order valence-corrected chi connectivity index (χ0v) is 28.4. The van der Waals surface area contributed by atoms with Crippen LogP contribution in [0.5, 0.6) is 0 Å². The molecule has 0 aromatic carbocycles. The molecule has 6 heterocycles. The van der Waals surface area contributed by atoms with Gasteiger partial charge in [-0.25, -0.2) is 4.79 Å². The van der Waals surface area contributed by atoms with E-state index in [4.69, 9.17) is 4.74 Å².